The number of aromatic nitrogens is 3. The Morgan fingerprint density at radius 2 is 1.92 bits per heavy atom. The van der Waals surface area contributed by atoms with Crippen LogP contribution < -0.4 is 0 Å². The van der Waals surface area contributed by atoms with Gasteiger partial charge in [0.05, 0.1) is 11.3 Å². The molecule has 1 aromatic heterocycles. The molecule has 134 valence electrons. The van der Waals surface area contributed by atoms with Crippen molar-refractivity contribution in [1.29, 1.82) is 0 Å². The van der Waals surface area contributed by atoms with Gasteiger partial charge in [-0.1, -0.05) is 23.9 Å². The average molecular weight is 362 g/mol. The second kappa shape index (κ2) is 7.56. The molecule has 2 heterocycles. The molecule has 3 rings (SSSR count). The minimum absolute atomic E-state index is 0.125. The van der Waals surface area contributed by atoms with Gasteiger partial charge in [-0.3, -0.25) is 4.79 Å². The number of carbonyl (C=O) groups excluding carboxylic acids is 1. The van der Waals surface area contributed by atoms with Crippen molar-refractivity contribution in [3.05, 3.63) is 30.1 Å². The highest BCUT2D eigenvalue weighted by Crippen LogP contribution is 2.27. The summed E-state index contributed by atoms with van der Waals surface area (Å²) in [6.07, 6.45) is 3.29. The molecule has 0 spiro atoms. The minimum Gasteiger partial charge on any atom is -0.337 e. The van der Waals surface area contributed by atoms with E-state index in [9.17, 15) is 9.18 Å². The lowest BCUT2D eigenvalue weighted by Crippen LogP contribution is -2.48. The van der Waals surface area contributed by atoms with Gasteiger partial charge in [-0.05, 0) is 45.2 Å². The molecule has 1 aliphatic rings. The van der Waals surface area contributed by atoms with Gasteiger partial charge in [0, 0.05) is 19.1 Å². The topological polar surface area (TPSA) is 51.0 Å². The third kappa shape index (κ3) is 3.71. The Labute approximate surface area is 151 Å². The van der Waals surface area contributed by atoms with Gasteiger partial charge in [0.1, 0.15) is 5.82 Å². The predicted molar refractivity (Wildman–Crippen MR) is 96.7 cm³/mol. The lowest BCUT2D eigenvalue weighted by Gasteiger charge is -2.39. The fraction of sp³-hybridized carbons (Fsp3) is 0.500. The highest BCUT2D eigenvalue weighted by molar-refractivity contribution is 7.99. The van der Waals surface area contributed by atoms with Crippen molar-refractivity contribution in [3.63, 3.8) is 0 Å². The summed E-state index contributed by atoms with van der Waals surface area (Å²) >= 11 is 1.35. The van der Waals surface area contributed by atoms with E-state index in [-0.39, 0.29) is 23.8 Å². The molecule has 2 atom stereocenters. The van der Waals surface area contributed by atoms with E-state index in [0.29, 0.717) is 22.3 Å². The van der Waals surface area contributed by atoms with Crippen molar-refractivity contribution in [2.24, 2.45) is 7.05 Å². The zero-order valence-corrected chi connectivity index (χ0v) is 15.6. The summed E-state index contributed by atoms with van der Waals surface area (Å²) in [5.41, 5.74) is 0.411. The van der Waals surface area contributed by atoms with Crippen LogP contribution in [0.4, 0.5) is 4.39 Å². The number of hydrogen-bond acceptors (Lipinski definition) is 4. The summed E-state index contributed by atoms with van der Waals surface area (Å²) in [5.74, 6) is 0.576. The van der Waals surface area contributed by atoms with Crippen LogP contribution in [0.1, 0.15) is 33.1 Å². The van der Waals surface area contributed by atoms with Crippen LogP contribution in [0.5, 0.6) is 0 Å². The second-order valence-corrected chi connectivity index (χ2v) is 7.51. The number of benzene rings is 1. The molecule has 0 aliphatic carbocycles. The molecule has 0 saturated carbocycles. The van der Waals surface area contributed by atoms with Gasteiger partial charge < -0.3 is 9.47 Å². The number of piperidine rings is 1. The van der Waals surface area contributed by atoms with Crippen molar-refractivity contribution in [3.8, 4) is 11.4 Å². The maximum Gasteiger partial charge on any atom is 0.233 e. The fourth-order valence-corrected chi connectivity index (χ4v) is 4.21. The Morgan fingerprint density at radius 3 is 2.60 bits per heavy atom. The first-order valence-corrected chi connectivity index (χ1v) is 9.56. The number of rotatable bonds is 4. The molecular weight excluding hydrogens is 339 g/mol. The molecule has 0 bridgehead atoms. The van der Waals surface area contributed by atoms with Crippen LogP contribution in [0.3, 0.4) is 0 Å². The van der Waals surface area contributed by atoms with E-state index in [4.69, 9.17) is 0 Å². The monoisotopic (exact) mass is 362 g/mol. The Hall–Kier alpha value is -1.89. The van der Waals surface area contributed by atoms with Crippen LogP contribution in [0.2, 0.25) is 0 Å². The molecule has 1 aliphatic heterocycles. The molecule has 7 heteroatoms. The lowest BCUT2D eigenvalue weighted by molar-refractivity contribution is -0.134. The standard InChI is InChI=1S/C18H23FN4OS/c1-12-7-6-8-13(2)23(12)16(24)11-25-18-21-20-17(22(18)3)14-9-4-5-10-15(14)19/h4-5,9-10,12-13H,6-8,11H2,1-3H3/t12-,13+. The van der Waals surface area contributed by atoms with E-state index < -0.39 is 0 Å². The third-order valence-corrected chi connectivity index (χ3v) is 5.76. The summed E-state index contributed by atoms with van der Waals surface area (Å²) in [6, 6.07) is 7.05. The van der Waals surface area contributed by atoms with E-state index in [0.717, 1.165) is 12.8 Å². The van der Waals surface area contributed by atoms with Crippen LogP contribution in [0.25, 0.3) is 11.4 Å². The van der Waals surface area contributed by atoms with Crippen molar-refractivity contribution >= 4 is 17.7 Å². The number of hydrogen-bond donors (Lipinski definition) is 0. The Balaban J connectivity index is 1.70. The summed E-state index contributed by atoms with van der Waals surface area (Å²) in [5, 5.41) is 8.84. The van der Waals surface area contributed by atoms with Gasteiger partial charge in [0.15, 0.2) is 11.0 Å². The smallest absolute Gasteiger partial charge is 0.233 e. The summed E-state index contributed by atoms with van der Waals surface area (Å²) in [6.45, 7) is 4.22. The molecule has 1 aromatic carbocycles. The number of nitrogens with zero attached hydrogens (tertiary/aromatic N) is 4. The molecule has 0 radical (unpaired) electrons. The van der Waals surface area contributed by atoms with Crippen molar-refractivity contribution in [1.82, 2.24) is 19.7 Å². The van der Waals surface area contributed by atoms with Crippen molar-refractivity contribution in [2.75, 3.05) is 5.75 Å². The van der Waals surface area contributed by atoms with Crippen LogP contribution in [-0.4, -0.2) is 43.4 Å². The fourth-order valence-electron chi connectivity index (χ4n) is 3.43. The molecule has 2 aromatic rings. The van der Waals surface area contributed by atoms with Gasteiger partial charge in [-0.15, -0.1) is 10.2 Å². The second-order valence-electron chi connectivity index (χ2n) is 6.56. The van der Waals surface area contributed by atoms with E-state index in [1.807, 2.05) is 4.90 Å². The average Bonchev–Trinajstić information content (AvgIpc) is 2.94. The van der Waals surface area contributed by atoms with E-state index in [1.54, 1.807) is 29.8 Å². The Morgan fingerprint density at radius 1 is 1.24 bits per heavy atom. The van der Waals surface area contributed by atoms with Gasteiger partial charge in [0.25, 0.3) is 0 Å². The summed E-state index contributed by atoms with van der Waals surface area (Å²) in [4.78, 5) is 14.6. The third-order valence-electron chi connectivity index (χ3n) is 4.76. The summed E-state index contributed by atoms with van der Waals surface area (Å²) < 4.78 is 15.7. The van der Waals surface area contributed by atoms with Crippen molar-refractivity contribution in [2.45, 2.75) is 50.4 Å². The van der Waals surface area contributed by atoms with Gasteiger partial charge in [0.2, 0.25) is 5.91 Å². The predicted octanol–water partition coefficient (Wildman–Crippen LogP) is 3.50. The van der Waals surface area contributed by atoms with Gasteiger partial charge in [-0.25, -0.2) is 4.39 Å². The quantitative estimate of drug-likeness (QED) is 0.781. The molecule has 1 fully saturated rings. The highest BCUT2D eigenvalue weighted by atomic mass is 32.2. The minimum atomic E-state index is -0.332. The van der Waals surface area contributed by atoms with Crippen LogP contribution >= 0.6 is 11.8 Å². The van der Waals surface area contributed by atoms with E-state index in [1.165, 1.54) is 24.2 Å². The number of amides is 1. The van der Waals surface area contributed by atoms with Crippen molar-refractivity contribution < 1.29 is 9.18 Å². The Bertz CT molecular complexity index is 753. The number of likely N-dealkylation sites (tertiary alicyclic amines) is 1. The SMILES string of the molecule is C[C@@H]1CCC[C@H](C)N1C(=O)CSc1nnc(-c2ccccc2F)n1C. The van der Waals surface area contributed by atoms with E-state index in [2.05, 4.69) is 24.0 Å². The molecule has 1 amide bonds. The first kappa shape index (κ1) is 17.9. The largest absolute Gasteiger partial charge is 0.337 e. The first-order valence-electron chi connectivity index (χ1n) is 8.57. The van der Waals surface area contributed by atoms with Crippen LogP contribution in [-0.2, 0) is 11.8 Å². The highest BCUT2D eigenvalue weighted by Gasteiger charge is 2.29. The maximum atomic E-state index is 14.0. The Kier molecular flexibility index (Phi) is 5.42. The maximum absolute atomic E-state index is 14.0. The molecule has 25 heavy (non-hydrogen) atoms. The number of thioether (sulfide) groups is 1. The number of halogens is 1. The zero-order chi connectivity index (χ0) is 18.0. The van der Waals surface area contributed by atoms with Gasteiger partial charge in [-0.2, -0.15) is 0 Å². The zero-order valence-electron chi connectivity index (χ0n) is 14.8. The normalized spacial score (nSPS) is 20.7. The molecule has 0 N–H and O–H groups in total. The van der Waals surface area contributed by atoms with Crippen LogP contribution in [0.15, 0.2) is 29.4 Å². The molecular formula is C18H23FN4OS. The van der Waals surface area contributed by atoms with Gasteiger partial charge >= 0.3 is 0 Å². The summed E-state index contributed by atoms with van der Waals surface area (Å²) in [7, 11) is 1.79. The number of carbonyl (C=O) groups is 1. The van der Waals surface area contributed by atoms with Crippen LogP contribution in [0, 0.1) is 5.82 Å². The molecule has 1 saturated heterocycles. The lowest BCUT2D eigenvalue weighted by atomic mass is 9.98. The van der Waals surface area contributed by atoms with E-state index >= 15 is 0 Å². The molecule has 0 unspecified atom stereocenters. The molecule has 5 nitrogen and oxygen atoms in total. The first-order chi connectivity index (χ1) is 12.0.